The zero-order valence-electron chi connectivity index (χ0n) is 9.54. The quantitative estimate of drug-likeness (QED) is 0.616. The van der Waals surface area contributed by atoms with E-state index in [-0.39, 0.29) is 11.9 Å². The van der Waals surface area contributed by atoms with Gasteiger partial charge in [-0.1, -0.05) is 12.8 Å². The molecule has 0 saturated heterocycles. The SMILES string of the molecule is CC(CC(N)=O)NC1CCCCC1CN. The topological polar surface area (TPSA) is 81.1 Å². The predicted molar refractivity (Wildman–Crippen MR) is 61.2 cm³/mol. The Balaban J connectivity index is 2.37. The van der Waals surface area contributed by atoms with Crippen molar-refractivity contribution in [2.75, 3.05) is 6.54 Å². The second-order valence-electron chi connectivity index (χ2n) is 4.62. The van der Waals surface area contributed by atoms with Gasteiger partial charge in [0, 0.05) is 18.5 Å². The van der Waals surface area contributed by atoms with E-state index in [0.29, 0.717) is 18.4 Å². The van der Waals surface area contributed by atoms with Crippen molar-refractivity contribution >= 4 is 5.91 Å². The van der Waals surface area contributed by atoms with Crippen molar-refractivity contribution in [1.82, 2.24) is 5.32 Å². The summed E-state index contributed by atoms with van der Waals surface area (Å²) < 4.78 is 0. The lowest BCUT2D eigenvalue weighted by Crippen LogP contribution is -2.46. The average Bonchev–Trinajstić information content (AvgIpc) is 2.17. The van der Waals surface area contributed by atoms with E-state index in [2.05, 4.69) is 5.32 Å². The molecule has 0 radical (unpaired) electrons. The van der Waals surface area contributed by atoms with Crippen molar-refractivity contribution in [2.24, 2.45) is 17.4 Å². The Morgan fingerprint density at radius 2 is 2.13 bits per heavy atom. The van der Waals surface area contributed by atoms with Crippen molar-refractivity contribution < 1.29 is 4.79 Å². The van der Waals surface area contributed by atoms with Gasteiger partial charge in [0.15, 0.2) is 0 Å². The first-order chi connectivity index (χ1) is 7.13. The molecule has 1 amide bonds. The molecule has 0 aliphatic heterocycles. The van der Waals surface area contributed by atoms with Gasteiger partial charge in [-0.3, -0.25) is 4.79 Å². The zero-order valence-corrected chi connectivity index (χ0v) is 9.54. The van der Waals surface area contributed by atoms with Gasteiger partial charge in [-0.15, -0.1) is 0 Å². The van der Waals surface area contributed by atoms with Crippen LogP contribution in [-0.2, 0) is 4.79 Å². The summed E-state index contributed by atoms with van der Waals surface area (Å²) in [4.78, 5) is 10.8. The Morgan fingerprint density at radius 3 is 2.73 bits per heavy atom. The fourth-order valence-electron chi connectivity index (χ4n) is 2.44. The highest BCUT2D eigenvalue weighted by molar-refractivity contribution is 5.74. The minimum absolute atomic E-state index is 0.166. The number of carbonyl (C=O) groups is 1. The lowest BCUT2D eigenvalue weighted by Gasteiger charge is -2.33. The average molecular weight is 213 g/mol. The summed E-state index contributed by atoms with van der Waals surface area (Å²) in [7, 11) is 0. The maximum atomic E-state index is 10.8. The van der Waals surface area contributed by atoms with Gasteiger partial charge in [-0.2, -0.15) is 0 Å². The van der Waals surface area contributed by atoms with Crippen LogP contribution < -0.4 is 16.8 Å². The molecule has 15 heavy (non-hydrogen) atoms. The molecule has 1 aliphatic carbocycles. The summed E-state index contributed by atoms with van der Waals surface area (Å²) in [6.45, 7) is 2.74. The monoisotopic (exact) mass is 213 g/mol. The minimum atomic E-state index is -0.241. The van der Waals surface area contributed by atoms with E-state index in [1.54, 1.807) is 0 Å². The molecule has 5 N–H and O–H groups in total. The van der Waals surface area contributed by atoms with Crippen molar-refractivity contribution in [3.8, 4) is 0 Å². The Kier molecular flexibility index (Phi) is 5.05. The van der Waals surface area contributed by atoms with Gasteiger partial charge in [0.05, 0.1) is 0 Å². The number of nitrogens with two attached hydrogens (primary N) is 2. The van der Waals surface area contributed by atoms with E-state index in [1.807, 2.05) is 6.92 Å². The molecule has 4 nitrogen and oxygen atoms in total. The zero-order chi connectivity index (χ0) is 11.3. The molecular weight excluding hydrogens is 190 g/mol. The van der Waals surface area contributed by atoms with Crippen LogP contribution in [0.25, 0.3) is 0 Å². The number of primary amides is 1. The van der Waals surface area contributed by atoms with Crippen LogP contribution in [0.3, 0.4) is 0 Å². The summed E-state index contributed by atoms with van der Waals surface area (Å²) in [6.07, 6.45) is 5.33. The number of hydrogen-bond acceptors (Lipinski definition) is 3. The molecular formula is C11H23N3O. The number of amides is 1. The fraction of sp³-hybridized carbons (Fsp3) is 0.909. The van der Waals surface area contributed by atoms with E-state index in [1.165, 1.54) is 25.7 Å². The second-order valence-corrected chi connectivity index (χ2v) is 4.62. The van der Waals surface area contributed by atoms with Gasteiger partial charge >= 0.3 is 0 Å². The molecule has 1 rings (SSSR count). The van der Waals surface area contributed by atoms with E-state index in [9.17, 15) is 4.79 Å². The van der Waals surface area contributed by atoms with Crippen LogP contribution in [0.2, 0.25) is 0 Å². The third-order valence-electron chi connectivity index (χ3n) is 3.22. The van der Waals surface area contributed by atoms with E-state index < -0.39 is 0 Å². The molecule has 3 unspecified atom stereocenters. The molecule has 1 aliphatic rings. The molecule has 0 aromatic carbocycles. The summed E-state index contributed by atoms with van der Waals surface area (Å²) in [5.74, 6) is 0.323. The molecule has 88 valence electrons. The molecule has 0 aromatic rings. The third-order valence-corrected chi connectivity index (χ3v) is 3.22. The Labute approximate surface area is 91.8 Å². The normalized spacial score (nSPS) is 28.7. The Morgan fingerprint density at radius 1 is 1.47 bits per heavy atom. The summed E-state index contributed by atoms with van der Waals surface area (Å²) in [5.41, 5.74) is 10.9. The largest absolute Gasteiger partial charge is 0.370 e. The number of carbonyl (C=O) groups excluding carboxylic acids is 1. The number of nitrogens with one attached hydrogen (secondary N) is 1. The highest BCUT2D eigenvalue weighted by Gasteiger charge is 2.25. The van der Waals surface area contributed by atoms with Gasteiger partial charge in [0.2, 0.25) is 5.91 Å². The van der Waals surface area contributed by atoms with E-state index in [4.69, 9.17) is 11.5 Å². The van der Waals surface area contributed by atoms with Gasteiger partial charge < -0.3 is 16.8 Å². The molecule has 4 heteroatoms. The van der Waals surface area contributed by atoms with Crippen LogP contribution in [0.15, 0.2) is 0 Å². The lowest BCUT2D eigenvalue weighted by molar-refractivity contribution is -0.118. The van der Waals surface area contributed by atoms with Crippen molar-refractivity contribution in [2.45, 2.75) is 51.1 Å². The first-order valence-corrected chi connectivity index (χ1v) is 5.88. The first kappa shape index (κ1) is 12.5. The van der Waals surface area contributed by atoms with Crippen LogP contribution in [0.4, 0.5) is 0 Å². The van der Waals surface area contributed by atoms with Crippen LogP contribution in [0.1, 0.15) is 39.0 Å². The molecule has 1 fully saturated rings. The number of hydrogen-bond donors (Lipinski definition) is 3. The van der Waals surface area contributed by atoms with E-state index >= 15 is 0 Å². The second kappa shape index (κ2) is 6.08. The van der Waals surface area contributed by atoms with Crippen LogP contribution >= 0.6 is 0 Å². The Hall–Kier alpha value is -0.610. The molecule has 3 atom stereocenters. The maximum absolute atomic E-state index is 10.8. The van der Waals surface area contributed by atoms with Crippen LogP contribution in [-0.4, -0.2) is 24.5 Å². The highest BCUT2D eigenvalue weighted by atomic mass is 16.1. The van der Waals surface area contributed by atoms with Crippen molar-refractivity contribution in [1.29, 1.82) is 0 Å². The lowest BCUT2D eigenvalue weighted by atomic mass is 9.84. The molecule has 0 aromatic heterocycles. The van der Waals surface area contributed by atoms with E-state index in [0.717, 1.165) is 6.54 Å². The first-order valence-electron chi connectivity index (χ1n) is 5.88. The van der Waals surface area contributed by atoms with Crippen molar-refractivity contribution in [3.63, 3.8) is 0 Å². The molecule has 1 saturated carbocycles. The smallest absolute Gasteiger partial charge is 0.218 e. The maximum Gasteiger partial charge on any atom is 0.218 e. The molecule has 0 heterocycles. The molecule has 0 spiro atoms. The standard InChI is InChI=1S/C11H23N3O/c1-8(6-11(13)15)14-10-5-3-2-4-9(10)7-12/h8-10,14H,2-7,12H2,1H3,(H2,13,15). The number of rotatable bonds is 5. The van der Waals surface area contributed by atoms with Gasteiger partial charge in [0.25, 0.3) is 0 Å². The summed E-state index contributed by atoms with van der Waals surface area (Å²) in [5, 5.41) is 3.47. The Bertz CT molecular complexity index is 208. The summed E-state index contributed by atoms with van der Waals surface area (Å²) >= 11 is 0. The van der Waals surface area contributed by atoms with Gasteiger partial charge in [-0.25, -0.2) is 0 Å². The molecule has 0 bridgehead atoms. The van der Waals surface area contributed by atoms with Gasteiger partial charge in [0.1, 0.15) is 0 Å². The van der Waals surface area contributed by atoms with Gasteiger partial charge in [-0.05, 0) is 32.2 Å². The third kappa shape index (κ3) is 4.18. The van der Waals surface area contributed by atoms with Crippen LogP contribution in [0.5, 0.6) is 0 Å². The van der Waals surface area contributed by atoms with Crippen molar-refractivity contribution in [3.05, 3.63) is 0 Å². The minimum Gasteiger partial charge on any atom is -0.370 e. The predicted octanol–water partition coefficient (Wildman–Crippen LogP) is 0.357. The summed E-state index contributed by atoms with van der Waals surface area (Å²) in [6, 6.07) is 0.637. The highest BCUT2D eigenvalue weighted by Crippen LogP contribution is 2.23. The fourth-order valence-corrected chi connectivity index (χ4v) is 2.44. The van der Waals surface area contributed by atoms with Crippen LogP contribution in [0, 0.1) is 5.92 Å².